The molecule has 0 aliphatic rings. The Morgan fingerprint density at radius 3 is 2.20 bits per heavy atom. The molecule has 0 saturated heterocycles. The molecule has 0 bridgehead atoms. The van der Waals surface area contributed by atoms with Gasteiger partial charge in [-0.15, -0.1) is 0 Å². The molecule has 110 valence electrons. The molecule has 0 unspecified atom stereocenters. The lowest BCUT2D eigenvalue weighted by molar-refractivity contribution is -0.139. The molecule has 0 spiro atoms. The Morgan fingerprint density at radius 1 is 1.10 bits per heavy atom. The molecule has 4 nitrogen and oxygen atoms in total. The quantitative estimate of drug-likeness (QED) is 0.819. The van der Waals surface area contributed by atoms with Crippen molar-refractivity contribution < 1.29 is 27.9 Å². The van der Waals surface area contributed by atoms with Crippen molar-refractivity contribution in [2.45, 2.75) is 26.7 Å². The maximum absolute atomic E-state index is 13.3. The second-order valence-corrected chi connectivity index (χ2v) is 5.21. The number of carbonyl (C=O) groups excluding carboxylic acids is 1. The standard InChI is InChI=1S/C13H14F3NO3/c1-13(2,6-12(19)20)5-11(18)17-10-4-8(15)7(14)3-9(10)16/h3-4H,5-6H2,1-2H3,(H,17,18)(H,19,20). The zero-order chi connectivity index (χ0) is 15.5. The van der Waals surface area contributed by atoms with Crippen LogP contribution in [0.4, 0.5) is 18.9 Å². The number of aliphatic carboxylic acids is 1. The third-order valence-electron chi connectivity index (χ3n) is 2.55. The van der Waals surface area contributed by atoms with Crippen molar-refractivity contribution in [2.75, 3.05) is 5.32 Å². The van der Waals surface area contributed by atoms with Crippen LogP contribution in [0.2, 0.25) is 0 Å². The van der Waals surface area contributed by atoms with Gasteiger partial charge in [-0.05, 0) is 5.41 Å². The monoisotopic (exact) mass is 289 g/mol. The van der Waals surface area contributed by atoms with Gasteiger partial charge in [-0.2, -0.15) is 0 Å². The zero-order valence-corrected chi connectivity index (χ0v) is 11.0. The van der Waals surface area contributed by atoms with Crippen LogP contribution in [0.5, 0.6) is 0 Å². The number of hydrogen-bond donors (Lipinski definition) is 2. The van der Waals surface area contributed by atoms with Crippen molar-refractivity contribution in [3.05, 3.63) is 29.6 Å². The highest BCUT2D eigenvalue weighted by molar-refractivity contribution is 5.91. The van der Waals surface area contributed by atoms with Crippen LogP contribution < -0.4 is 5.32 Å². The van der Waals surface area contributed by atoms with Gasteiger partial charge in [-0.1, -0.05) is 13.8 Å². The molecule has 0 fully saturated rings. The highest BCUT2D eigenvalue weighted by Crippen LogP contribution is 2.26. The molecular formula is C13H14F3NO3. The Bertz CT molecular complexity index is 544. The van der Waals surface area contributed by atoms with Gasteiger partial charge >= 0.3 is 5.97 Å². The van der Waals surface area contributed by atoms with Gasteiger partial charge in [0, 0.05) is 18.6 Å². The Morgan fingerprint density at radius 2 is 1.65 bits per heavy atom. The van der Waals surface area contributed by atoms with Gasteiger partial charge in [-0.3, -0.25) is 9.59 Å². The first kappa shape index (κ1) is 16.0. The normalized spacial score (nSPS) is 11.2. The maximum atomic E-state index is 13.3. The average molecular weight is 289 g/mol. The van der Waals surface area contributed by atoms with E-state index in [1.807, 2.05) is 0 Å². The SMILES string of the molecule is CC(C)(CC(=O)O)CC(=O)Nc1cc(F)c(F)cc1F. The summed E-state index contributed by atoms with van der Waals surface area (Å²) < 4.78 is 39.0. The van der Waals surface area contributed by atoms with E-state index < -0.39 is 40.4 Å². The number of rotatable bonds is 5. The Balaban J connectivity index is 2.77. The summed E-state index contributed by atoms with van der Waals surface area (Å²) in [6, 6.07) is 0.861. The summed E-state index contributed by atoms with van der Waals surface area (Å²) in [6.07, 6.45) is -0.446. The Kier molecular flexibility index (Phi) is 4.75. The molecular weight excluding hydrogens is 275 g/mol. The first-order valence-electron chi connectivity index (χ1n) is 5.77. The van der Waals surface area contributed by atoms with Gasteiger partial charge in [0.05, 0.1) is 12.1 Å². The molecule has 2 N–H and O–H groups in total. The van der Waals surface area contributed by atoms with Crippen LogP contribution in [-0.2, 0) is 9.59 Å². The van der Waals surface area contributed by atoms with Crippen molar-refractivity contribution in [3.8, 4) is 0 Å². The fourth-order valence-corrected chi connectivity index (χ4v) is 1.72. The molecule has 1 aromatic carbocycles. The van der Waals surface area contributed by atoms with E-state index in [2.05, 4.69) is 5.32 Å². The van der Waals surface area contributed by atoms with E-state index in [0.29, 0.717) is 12.1 Å². The molecule has 0 atom stereocenters. The zero-order valence-electron chi connectivity index (χ0n) is 11.0. The molecule has 0 saturated carbocycles. The fourth-order valence-electron chi connectivity index (χ4n) is 1.72. The summed E-state index contributed by atoms with van der Waals surface area (Å²) in [4.78, 5) is 22.3. The van der Waals surface area contributed by atoms with Crippen molar-refractivity contribution >= 4 is 17.6 Å². The highest BCUT2D eigenvalue weighted by Gasteiger charge is 2.25. The molecule has 1 amide bonds. The van der Waals surface area contributed by atoms with Crippen molar-refractivity contribution in [3.63, 3.8) is 0 Å². The molecule has 1 aromatic rings. The number of anilines is 1. The molecule has 1 rings (SSSR count). The molecule has 0 radical (unpaired) electrons. The summed E-state index contributed by atoms with van der Waals surface area (Å²) in [5.41, 5.74) is -1.33. The molecule has 0 heterocycles. The number of carbonyl (C=O) groups is 2. The summed E-state index contributed by atoms with van der Waals surface area (Å²) in [5.74, 6) is -5.49. The predicted molar refractivity (Wildman–Crippen MR) is 65.6 cm³/mol. The minimum absolute atomic E-state index is 0.197. The van der Waals surface area contributed by atoms with Crippen LogP contribution in [0.3, 0.4) is 0 Å². The maximum Gasteiger partial charge on any atom is 0.303 e. The first-order chi connectivity index (χ1) is 9.10. The van der Waals surface area contributed by atoms with Crippen molar-refractivity contribution in [2.24, 2.45) is 5.41 Å². The second-order valence-electron chi connectivity index (χ2n) is 5.21. The van der Waals surface area contributed by atoms with Crippen molar-refractivity contribution in [1.82, 2.24) is 0 Å². The molecule has 0 aliphatic heterocycles. The van der Waals surface area contributed by atoms with Crippen LogP contribution >= 0.6 is 0 Å². The van der Waals surface area contributed by atoms with E-state index in [9.17, 15) is 22.8 Å². The number of halogens is 3. The lowest BCUT2D eigenvalue weighted by Crippen LogP contribution is -2.25. The summed E-state index contributed by atoms with van der Waals surface area (Å²) in [7, 11) is 0. The summed E-state index contributed by atoms with van der Waals surface area (Å²) in [5, 5.41) is 10.8. The van der Waals surface area contributed by atoms with E-state index >= 15 is 0 Å². The Hall–Kier alpha value is -2.05. The summed E-state index contributed by atoms with van der Waals surface area (Å²) >= 11 is 0. The van der Waals surface area contributed by atoms with E-state index in [1.54, 1.807) is 13.8 Å². The minimum Gasteiger partial charge on any atom is -0.481 e. The second kappa shape index (κ2) is 5.94. The van der Waals surface area contributed by atoms with Crippen LogP contribution in [0.25, 0.3) is 0 Å². The Labute approximate surface area is 113 Å². The van der Waals surface area contributed by atoms with Gasteiger partial charge in [-0.25, -0.2) is 13.2 Å². The van der Waals surface area contributed by atoms with Crippen LogP contribution in [0.15, 0.2) is 12.1 Å². The average Bonchev–Trinajstić information content (AvgIpc) is 2.22. The van der Waals surface area contributed by atoms with Gasteiger partial charge < -0.3 is 10.4 Å². The van der Waals surface area contributed by atoms with Crippen LogP contribution in [0, 0.1) is 22.9 Å². The number of carboxylic acids is 1. The van der Waals surface area contributed by atoms with Gasteiger partial charge in [0.15, 0.2) is 11.6 Å². The third kappa shape index (κ3) is 4.56. The number of carboxylic acid groups (broad SMARTS) is 1. The topological polar surface area (TPSA) is 66.4 Å². The third-order valence-corrected chi connectivity index (χ3v) is 2.55. The van der Waals surface area contributed by atoms with Gasteiger partial charge in [0.2, 0.25) is 5.91 Å². The minimum atomic E-state index is -1.35. The summed E-state index contributed by atoms with van der Waals surface area (Å²) in [6.45, 7) is 3.12. The fraction of sp³-hybridized carbons (Fsp3) is 0.385. The predicted octanol–water partition coefficient (Wildman–Crippen LogP) is 2.93. The van der Waals surface area contributed by atoms with E-state index in [4.69, 9.17) is 5.11 Å². The van der Waals surface area contributed by atoms with Crippen molar-refractivity contribution in [1.29, 1.82) is 0 Å². The lowest BCUT2D eigenvalue weighted by atomic mass is 9.85. The number of benzene rings is 1. The molecule has 7 heteroatoms. The smallest absolute Gasteiger partial charge is 0.303 e. The van der Waals surface area contributed by atoms with Gasteiger partial charge in [0.25, 0.3) is 0 Å². The lowest BCUT2D eigenvalue weighted by Gasteiger charge is -2.21. The molecule has 0 aromatic heterocycles. The number of nitrogens with one attached hydrogen (secondary N) is 1. The first-order valence-corrected chi connectivity index (χ1v) is 5.77. The van der Waals surface area contributed by atoms with Crippen LogP contribution in [0.1, 0.15) is 26.7 Å². The van der Waals surface area contributed by atoms with Gasteiger partial charge in [0.1, 0.15) is 5.82 Å². The number of amides is 1. The highest BCUT2D eigenvalue weighted by atomic mass is 19.2. The van der Waals surface area contributed by atoms with E-state index in [1.165, 1.54) is 0 Å². The van der Waals surface area contributed by atoms with E-state index in [0.717, 1.165) is 0 Å². The van der Waals surface area contributed by atoms with Crippen LogP contribution in [-0.4, -0.2) is 17.0 Å². The molecule has 0 aliphatic carbocycles. The van der Waals surface area contributed by atoms with E-state index in [-0.39, 0.29) is 12.8 Å². The molecule has 20 heavy (non-hydrogen) atoms. The largest absolute Gasteiger partial charge is 0.481 e. The number of hydrogen-bond acceptors (Lipinski definition) is 2.